The van der Waals surface area contributed by atoms with E-state index in [1.54, 1.807) is 36.4 Å². The zero-order valence-electron chi connectivity index (χ0n) is 24.4. The van der Waals surface area contributed by atoms with Crippen molar-refractivity contribution in [1.29, 1.82) is 0 Å². The number of anilines is 1. The summed E-state index contributed by atoms with van der Waals surface area (Å²) in [5, 5.41) is 30.3. The fourth-order valence-electron chi connectivity index (χ4n) is 5.20. The van der Waals surface area contributed by atoms with Gasteiger partial charge in [0.2, 0.25) is 0 Å². The van der Waals surface area contributed by atoms with E-state index < -0.39 is 71.1 Å². The summed E-state index contributed by atoms with van der Waals surface area (Å²) in [6.45, 7) is -0.841. The van der Waals surface area contributed by atoms with Crippen molar-refractivity contribution in [3.8, 4) is 0 Å². The highest BCUT2D eigenvalue weighted by Gasteiger charge is 2.57. The molecule has 4 N–H and O–H groups in total. The van der Waals surface area contributed by atoms with Gasteiger partial charge in [-0.1, -0.05) is 48.5 Å². The maximum absolute atomic E-state index is 14.1. The van der Waals surface area contributed by atoms with Crippen molar-refractivity contribution in [2.45, 2.75) is 31.0 Å². The van der Waals surface area contributed by atoms with E-state index in [4.69, 9.17) is 5.73 Å². The molecule has 1 saturated heterocycles. The number of rotatable bonds is 13. The molecule has 1 aliphatic rings. The molecule has 1 heterocycles. The first-order valence-electron chi connectivity index (χ1n) is 13.8. The Morgan fingerprint density at radius 1 is 0.913 bits per heavy atom. The number of amides is 4. The van der Waals surface area contributed by atoms with Gasteiger partial charge < -0.3 is 20.8 Å². The van der Waals surface area contributed by atoms with Gasteiger partial charge in [-0.15, -0.1) is 0 Å². The molecule has 0 radical (unpaired) electrons. The number of benzene rings is 3. The molecule has 4 amide bonds. The van der Waals surface area contributed by atoms with Crippen molar-refractivity contribution in [2.24, 2.45) is 5.73 Å². The fraction of sp³-hybridized carbons (Fsp3) is 0.226. The van der Waals surface area contributed by atoms with E-state index in [0.29, 0.717) is 15.4 Å². The van der Waals surface area contributed by atoms with Crippen molar-refractivity contribution in [1.82, 2.24) is 9.80 Å². The lowest BCUT2D eigenvalue weighted by Crippen LogP contribution is -2.64. The number of carbonyl (C=O) groups is 6. The van der Waals surface area contributed by atoms with Gasteiger partial charge in [-0.2, -0.15) is 0 Å². The second kappa shape index (κ2) is 13.0. The number of carboxylic acid groups (broad SMARTS) is 2. The zero-order valence-corrected chi connectivity index (χ0v) is 24.4. The van der Waals surface area contributed by atoms with Gasteiger partial charge in [0.15, 0.2) is 11.3 Å². The molecule has 1 fully saturated rings. The number of nitro groups is 1. The number of urea groups is 1. The Labute approximate surface area is 261 Å². The van der Waals surface area contributed by atoms with Crippen LogP contribution in [0.15, 0.2) is 84.9 Å². The summed E-state index contributed by atoms with van der Waals surface area (Å²) < 4.78 is 0. The third-order valence-corrected chi connectivity index (χ3v) is 7.70. The number of carbonyl (C=O) groups excluding carboxylic acids is 4. The van der Waals surface area contributed by atoms with Crippen LogP contribution in [0.5, 0.6) is 0 Å². The first kappa shape index (κ1) is 32.9. The molecule has 0 bridgehead atoms. The summed E-state index contributed by atoms with van der Waals surface area (Å²) >= 11 is 0. The summed E-state index contributed by atoms with van der Waals surface area (Å²) in [6.07, 6.45) is -1.28. The van der Waals surface area contributed by atoms with E-state index in [9.17, 15) is 49.1 Å². The molecule has 0 saturated carbocycles. The Bertz CT molecular complexity index is 1700. The van der Waals surface area contributed by atoms with Crippen LogP contribution in [-0.2, 0) is 36.1 Å². The second-order valence-electron chi connectivity index (χ2n) is 10.7. The number of nitro benzene ring substituents is 1. The summed E-state index contributed by atoms with van der Waals surface area (Å²) in [4.78, 5) is 92.0. The number of Topliss-reactive ketones (excluding diaryl/α,β-unsaturated/α-hetero) is 1. The van der Waals surface area contributed by atoms with Crippen molar-refractivity contribution >= 4 is 46.9 Å². The average molecular weight is 632 g/mol. The number of imide groups is 1. The van der Waals surface area contributed by atoms with Gasteiger partial charge in [0.1, 0.15) is 12.1 Å². The minimum Gasteiger partial charge on any atom is -0.481 e. The van der Waals surface area contributed by atoms with Crippen LogP contribution in [0, 0.1) is 10.1 Å². The van der Waals surface area contributed by atoms with E-state index in [2.05, 4.69) is 0 Å². The number of nitrogens with two attached hydrogens (primary N) is 1. The van der Waals surface area contributed by atoms with Gasteiger partial charge in [-0.3, -0.25) is 43.9 Å². The van der Waals surface area contributed by atoms with E-state index in [1.165, 1.54) is 43.3 Å². The molecule has 2 atom stereocenters. The van der Waals surface area contributed by atoms with Gasteiger partial charge in [-0.05, 0) is 42.3 Å². The average Bonchev–Trinajstić information content (AvgIpc) is 3.20. The minimum absolute atomic E-state index is 0.0102. The smallest absolute Gasteiger partial charge is 0.328 e. The van der Waals surface area contributed by atoms with E-state index in [-0.39, 0.29) is 23.5 Å². The molecule has 15 nitrogen and oxygen atoms in total. The molecule has 3 aromatic rings. The molecular weight excluding hydrogens is 602 g/mol. The van der Waals surface area contributed by atoms with Crippen molar-refractivity contribution < 1.29 is 43.9 Å². The molecule has 3 aromatic carbocycles. The van der Waals surface area contributed by atoms with Crippen LogP contribution >= 0.6 is 0 Å². The quantitative estimate of drug-likeness (QED) is 0.107. The highest BCUT2D eigenvalue weighted by molar-refractivity contribution is 6.21. The second-order valence-corrected chi connectivity index (χ2v) is 10.7. The van der Waals surface area contributed by atoms with Crippen molar-refractivity contribution in [3.63, 3.8) is 0 Å². The van der Waals surface area contributed by atoms with Crippen LogP contribution in [0.2, 0.25) is 0 Å². The molecule has 4 rings (SSSR count). The zero-order chi connectivity index (χ0) is 33.8. The van der Waals surface area contributed by atoms with E-state index in [1.807, 2.05) is 0 Å². The summed E-state index contributed by atoms with van der Waals surface area (Å²) in [7, 11) is 0. The monoisotopic (exact) mass is 631 g/mol. The van der Waals surface area contributed by atoms with Gasteiger partial charge in [0, 0.05) is 24.4 Å². The molecule has 238 valence electrons. The van der Waals surface area contributed by atoms with Gasteiger partial charge in [0.25, 0.3) is 17.5 Å². The highest BCUT2D eigenvalue weighted by Crippen LogP contribution is 2.39. The first-order valence-corrected chi connectivity index (χ1v) is 13.8. The maximum atomic E-state index is 14.1. The number of non-ortho nitro benzene ring substituents is 1. The number of carboxylic acids is 2. The third kappa shape index (κ3) is 6.30. The molecule has 0 aliphatic carbocycles. The first-order chi connectivity index (χ1) is 21.7. The van der Waals surface area contributed by atoms with Crippen LogP contribution in [-0.4, -0.2) is 79.1 Å². The largest absolute Gasteiger partial charge is 0.481 e. The third-order valence-electron chi connectivity index (χ3n) is 7.70. The lowest BCUT2D eigenvalue weighted by atomic mass is 9.87. The van der Waals surface area contributed by atoms with Crippen LogP contribution in [0.3, 0.4) is 0 Å². The molecule has 1 aliphatic heterocycles. The molecule has 0 spiro atoms. The van der Waals surface area contributed by atoms with Gasteiger partial charge in [0.05, 0.1) is 17.9 Å². The number of aliphatic carboxylic acids is 2. The lowest BCUT2D eigenvalue weighted by molar-refractivity contribution is -0.384. The number of para-hydroxylation sites is 1. The number of ketones is 1. The predicted octanol–water partition coefficient (Wildman–Crippen LogP) is 2.13. The summed E-state index contributed by atoms with van der Waals surface area (Å²) in [6, 6.07) is 19.7. The number of hydrogen-bond acceptors (Lipinski definition) is 9. The highest BCUT2D eigenvalue weighted by atomic mass is 16.6. The molecule has 15 heteroatoms. The molecule has 46 heavy (non-hydrogen) atoms. The topological polar surface area (TPSA) is 222 Å². The number of nitrogens with zero attached hydrogens (tertiary/aromatic N) is 4. The number of hydrogen-bond donors (Lipinski definition) is 3. The molecule has 0 aromatic heterocycles. The lowest BCUT2D eigenvalue weighted by Gasteiger charge is -2.32. The van der Waals surface area contributed by atoms with E-state index in [0.717, 1.165) is 17.0 Å². The minimum atomic E-state index is -2.89. The van der Waals surface area contributed by atoms with Crippen LogP contribution in [0.25, 0.3) is 0 Å². The predicted molar refractivity (Wildman–Crippen MR) is 160 cm³/mol. The Hall–Kier alpha value is -5.96. The van der Waals surface area contributed by atoms with Crippen molar-refractivity contribution in [2.75, 3.05) is 18.0 Å². The Balaban J connectivity index is 1.75. The van der Waals surface area contributed by atoms with Crippen LogP contribution < -0.4 is 10.6 Å². The fourth-order valence-corrected chi connectivity index (χ4v) is 5.20. The van der Waals surface area contributed by atoms with Crippen LogP contribution in [0.1, 0.15) is 24.5 Å². The standard InChI is InChI=1S/C31H29N5O10/c1-30(21-12-14-23(15-13-21)36(45)46)27(42)34(29(44)35(30)17-20-8-4-2-5-9-20)18-24(37)31(32,16-25(38)39)28(43)33(19-26(40)41)22-10-6-3-7-11-22/h2-15H,16-19,32H2,1H3,(H,38,39)(H,40,41)/t30-,31-/m1/s1. The Morgan fingerprint density at radius 3 is 2.00 bits per heavy atom. The normalized spacial score (nSPS) is 17.3. The van der Waals surface area contributed by atoms with Crippen molar-refractivity contribution in [3.05, 3.63) is 106 Å². The maximum Gasteiger partial charge on any atom is 0.328 e. The van der Waals surface area contributed by atoms with Gasteiger partial charge >= 0.3 is 18.0 Å². The van der Waals surface area contributed by atoms with Crippen LogP contribution in [0.4, 0.5) is 16.2 Å². The molecule has 0 unspecified atom stereocenters. The summed E-state index contributed by atoms with van der Waals surface area (Å²) in [5.74, 6) is -6.80. The Kier molecular flexibility index (Phi) is 9.28. The molecular formula is C31H29N5O10. The van der Waals surface area contributed by atoms with Gasteiger partial charge in [-0.25, -0.2) is 4.79 Å². The SMILES string of the molecule is C[C@@]1(c2ccc([N+](=O)[O-])cc2)C(=O)N(CC(=O)[C@](N)(CC(=O)O)C(=O)N(CC(=O)O)c2ccccc2)C(=O)N1Cc1ccccc1. The van der Waals surface area contributed by atoms with E-state index >= 15 is 0 Å². The summed E-state index contributed by atoms with van der Waals surface area (Å²) in [5.41, 5.74) is 2.04. The Morgan fingerprint density at radius 2 is 1.48 bits per heavy atom.